The van der Waals surface area contributed by atoms with Crippen molar-refractivity contribution in [2.75, 3.05) is 0 Å². The molecule has 0 saturated carbocycles. The van der Waals surface area contributed by atoms with Gasteiger partial charge in [0.05, 0.1) is 0 Å². The van der Waals surface area contributed by atoms with Crippen LogP contribution < -0.4 is 6.15 Å². The molecule has 0 atom stereocenters. The summed E-state index contributed by atoms with van der Waals surface area (Å²) in [6.45, 7) is 0. The van der Waals surface area contributed by atoms with Crippen molar-refractivity contribution >= 4 is 0 Å². The molecule has 0 fully saturated rings. The van der Waals surface area contributed by atoms with Crippen molar-refractivity contribution in [1.82, 2.24) is 6.15 Å². The molecule has 0 aliphatic heterocycles. The van der Waals surface area contributed by atoms with Crippen LogP contribution in [-0.2, 0) is 54.9 Å². The van der Waals surface area contributed by atoms with Gasteiger partial charge in [0.15, 0.2) is 0 Å². The van der Waals surface area contributed by atoms with Crippen LogP contribution in [0.3, 0.4) is 0 Å². The molecule has 0 aliphatic carbocycles. The zero-order valence-electron chi connectivity index (χ0n) is 1.84. The number of rotatable bonds is 0. The minimum Gasteiger partial charge on any atom is -0.344 e. The molecule has 0 saturated heterocycles. The van der Waals surface area contributed by atoms with Gasteiger partial charge < -0.3 is 6.15 Å². The molecule has 0 rings (SSSR count). The van der Waals surface area contributed by atoms with Crippen LogP contribution in [0.25, 0.3) is 0 Å². The van der Waals surface area contributed by atoms with E-state index in [9.17, 15) is 0 Å². The first-order valence-electron chi connectivity index (χ1n) is 0. The fourth-order valence-corrected chi connectivity index (χ4v) is 0. The normalized spacial score (nSPS) is 0. The van der Waals surface area contributed by atoms with E-state index in [1.807, 2.05) is 0 Å². The summed E-state index contributed by atoms with van der Waals surface area (Å²) in [5.74, 6) is 0. The monoisotopic (exact) mass is 225 g/mol. The summed E-state index contributed by atoms with van der Waals surface area (Å²) >= 11 is 0. The van der Waals surface area contributed by atoms with Crippen molar-refractivity contribution in [1.29, 1.82) is 0 Å². The van der Waals surface area contributed by atoms with Crippen LogP contribution in [0.2, 0.25) is 0 Å². The van der Waals surface area contributed by atoms with Gasteiger partial charge in [-0.15, -0.1) is 0 Å². The molecule has 0 spiro atoms. The standard InChI is InChI=1S/Cr.Mo.H3N.Ni/h;;1H3;. The first-order chi connectivity index (χ1) is 0. The van der Waals surface area contributed by atoms with Gasteiger partial charge >= 0.3 is 0 Å². The molecule has 0 unspecified atom stereocenters. The van der Waals surface area contributed by atoms with Crippen LogP contribution >= 0.6 is 0 Å². The van der Waals surface area contributed by atoms with Crippen LogP contribution in [0.4, 0.5) is 0 Å². The molecular weight excluding hydrogens is 221 g/mol. The molecular formula is H3CrMoNNi. The molecule has 0 bridgehead atoms. The van der Waals surface area contributed by atoms with Gasteiger partial charge in [0, 0.05) is 54.9 Å². The van der Waals surface area contributed by atoms with Crippen LogP contribution in [0, 0.1) is 0 Å². The molecule has 3 N–H and O–H groups in total. The van der Waals surface area contributed by atoms with Gasteiger partial charge in [-0.25, -0.2) is 0 Å². The molecule has 4 heavy (non-hydrogen) atoms. The van der Waals surface area contributed by atoms with Gasteiger partial charge in [0.2, 0.25) is 0 Å². The average molecular weight is 224 g/mol. The summed E-state index contributed by atoms with van der Waals surface area (Å²) in [6.07, 6.45) is 0. The van der Waals surface area contributed by atoms with Crippen LogP contribution in [0.5, 0.6) is 0 Å². The minimum absolute atomic E-state index is 0. The first kappa shape index (κ1) is 44.2. The van der Waals surface area contributed by atoms with E-state index in [1.54, 1.807) is 0 Å². The Morgan fingerprint density at radius 2 is 1.00 bits per heavy atom. The van der Waals surface area contributed by atoms with Crippen molar-refractivity contribution in [3.8, 4) is 0 Å². The molecule has 0 amide bonds. The van der Waals surface area contributed by atoms with Crippen molar-refractivity contribution < 1.29 is 54.9 Å². The second kappa shape index (κ2) is 22.5. The Morgan fingerprint density at radius 3 is 1.00 bits per heavy atom. The number of hydrogen-bond acceptors (Lipinski definition) is 1. The molecule has 0 aromatic heterocycles. The Balaban J connectivity index is 0. The van der Waals surface area contributed by atoms with Gasteiger partial charge in [0.25, 0.3) is 0 Å². The Bertz CT molecular complexity index is 8.00. The van der Waals surface area contributed by atoms with E-state index >= 15 is 0 Å². The quantitative estimate of drug-likeness (QED) is 0.584. The van der Waals surface area contributed by atoms with Crippen molar-refractivity contribution in [3.63, 3.8) is 0 Å². The maximum atomic E-state index is 0. The van der Waals surface area contributed by atoms with Crippen molar-refractivity contribution in [2.24, 2.45) is 0 Å². The molecule has 0 heterocycles. The van der Waals surface area contributed by atoms with E-state index < -0.39 is 0 Å². The average Bonchev–Trinajstić information content (AvgIpc) is 0. The van der Waals surface area contributed by atoms with E-state index in [2.05, 4.69) is 0 Å². The third-order valence-corrected chi connectivity index (χ3v) is 0. The van der Waals surface area contributed by atoms with E-state index in [4.69, 9.17) is 0 Å². The molecule has 0 aromatic rings. The van der Waals surface area contributed by atoms with Crippen LogP contribution in [0.15, 0.2) is 0 Å². The molecule has 30 valence electrons. The molecule has 1 nitrogen and oxygen atoms in total. The summed E-state index contributed by atoms with van der Waals surface area (Å²) in [4.78, 5) is 0. The molecule has 0 radical (unpaired) electrons. The van der Waals surface area contributed by atoms with Gasteiger partial charge in [-0.1, -0.05) is 0 Å². The van der Waals surface area contributed by atoms with Gasteiger partial charge in [0.1, 0.15) is 0 Å². The molecule has 4 heteroatoms. The third kappa shape index (κ3) is 9.37. The molecule has 0 aliphatic rings. The zero-order chi connectivity index (χ0) is 0. The van der Waals surface area contributed by atoms with Gasteiger partial charge in [-0.2, -0.15) is 0 Å². The Labute approximate surface area is 60.8 Å². The van der Waals surface area contributed by atoms with E-state index in [-0.39, 0.29) is 61.1 Å². The van der Waals surface area contributed by atoms with Crippen molar-refractivity contribution in [3.05, 3.63) is 0 Å². The number of hydrogen-bond donors (Lipinski definition) is 1. The van der Waals surface area contributed by atoms with E-state index in [0.29, 0.717) is 0 Å². The summed E-state index contributed by atoms with van der Waals surface area (Å²) < 4.78 is 0. The van der Waals surface area contributed by atoms with E-state index in [1.165, 1.54) is 0 Å². The summed E-state index contributed by atoms with van der Waals surface area (Å²) in [6, 6.07) is 0. The second-order valence-electron chi connectivity index (χ2n) is 0. The fraction of sp³-hybridized carbons (Fsp3) is 0. The summed E-state index contributed by atoms with van der Waals surface area (Å²) in [5, 5.41) is 0. The minimum atomic E-state index is 0. The second-order valence-corrected chi connectivity index (χ2v) is 0. The maximum absolute atomic E-state index is 0. The van der Waals surface area contributed by atoms with Crippen LogP contribution in [-0.4, -0.2) is 0 Å². The zero-order valence-corrected chi connectivity index (χ0v) is 6.11. The predicted octanol–water partition coefficient (Wildman–Crippen LogP) is 0.154. The summed E-state index contributed by atoms with van der Waals surface area (Å²) in [5.41, 5.74) is 0. The van der Waals surface area contributed by atoms with Crippen molar-refractivity contribution in [2.45, 2.75) is 0 Å². The first-order valence-corrected chi connectivity index (χ1v) is 0. The SMILES string of the molecule is N.[Cr].[Mo].[Ni]. The topological polar surface area (TPSA) is 35.0 Å². The molecule has 0 aromatic carbocycles. The van der Waals surface area contributed by atoms with Crippen LogP contribution in [0.1, 0.15) is 0 Å². The largest absolute Gasteiger partial charge is 0.344 e. The Morgan fingerprint density at radius 1 is 1.00 bits per heavy atom. The maximum Gasteiger partial charge on any atom is 0 e. The Hall–Kier alpha value is 1.67. The van der Waals surface area contributed by atoms with Gasteiger partial charge in [-0.05, 0) is 0 Å². The predicted molar refractivity (Wildman–Crippen MR) is 5.02 cm³/mol. The summed E-state index contributed by atoms with van der Waals surface area (Å²) in [7, 11) is 0. The fourth-order valence-electron chi connectivity index (χ4n) is 0. The Kier molecular flexibility index (Phi) is 249. The van der Waals surface area contributed by atoms with Gasteiger partial charge in [-0.3, -0.25) is 0 Å². The smallest absolute Gasteiger partial charge is 0 e. The third-order valence-electron chi connectivity index (χ3n) is 0. The van der Waals surface area contributed by atoms with E-state index in [0.717, 1.165) is 0 Å².